The lowest BCUT2D eigenvalue weighted by Gasteiger charge is -2.31. The number of ether oxygens (including phenoxy) is 3. The fourth-order valence-corrected chi connectivity index (χ4v) is 7.49. The highest BCUT2D eigenvalue weighted by Crippen LogP contribution is 2.41. The van der Waals surface area contributed by atoms with E-state index in [1.165, 1.54) is 0 Å². The average Bonchev–Trinajstić information content (AvgIpc) is 3.39. The van der Waals surface area contributed by atoms with Crippen molar-refractivity contribution in [2.45, 2.75) is 69.7 Å². The zero-order chi connectivity index (χ0) is 29.6. The summed E-state index contributed by atoms with van der Waals surface area (Å²) in [4.78, 5) is 18.4. The molecule has 3 atom stereocenters. The molecule has 7 heterocycles. The number of hydrogen-bond donors (Lipinski definition) is 1. The maximum atomic E-state index is 16.7. The standard InChI is InChI=1S/C32H39F2N5O4/c1-20-13-22(40)14-25-24(20)6-10-41-11-12-42-23-5-2-3-8-38(18-23)30-26-16-35-28(25)27(34)29(26)36-31(37-30)43-19-32-7-4-9-39(32)17-21(33)15-32/h13-14,16,21,23,40H,2-12,15,17-19H2,1H3/t21-,23-,32+/m1/s1. The van der Waals surface area contributed by atoms with Crippen molar-refractivity contribution in [1.29, 1.82) is 0 Å². The van der Waals surface area contributed by atoms with E-state index in [0.29, 0.717) is 62.5 Å². The lowest BCUT2D eigenvalue weighted by Crippen LogP contribution is -2.43. The Morgan fingerprint density at radius 3 is 2.93 bits per heavy atom. The summed E-state index contributed by atoms with van der Waals surface area (Å²) in [5.41, 5.74) is 2.01. The minimum absolute atomic E-state index is 0.0256. The molecule has 0 saturated carbocycles. The largest absolute Gasteiger partial charge is 0.508 e. The number of aromatic hydroxyl groups is 1. The van der Waals surface area contributed by atoms with Gasteiger partial charge in [-0.3, -0.25) is 9.88 Å². The second kappa shape index (κ2) is 11.7. The van der Waals surface area contributed by atoms with Gasteiger partial charge in [-0.25, -0.2) is 8.78 Å². The van der Waals surface area contributed by atoms with Crippen LogP contribution >= 0.6 is 0 Å². The Hall–Kier alpha value is -3.15. The Morgan fingerprint density at radius 2 is 2.02 bits per heavy atom. The number of phenols is 1. The topological polar surface area (TPSA) is 93.1 Å². The van der Waals surface area contributed by atoms with Crippen molar-refractivity contribution in [3.8, 4) is 23.0 Å². The van der Waals surface area contributed by atoms with Crippen LogP contribution < -0.4 is 9.64 Å². The van der Waals surface area contributed by atoms with Gasteiger partial charge in [-0.1, -0.05) is 0 Å². The van der Waals surface area contributed by atoms with Crippen molar-refractivity contribution >= 4 is 16.7 Å². The van der Waals surface area contributed by atoms with Crippen LogP contribution in [0.1, 0.15) is 49.7 Å². The molecule has 0 amide bonds. The number of nitrogens with zero attached hydrogens (tertiary/aromatic N) is 5. The van der Waals surface area contributed by atoms with Crippen LogP contribution in [0.15, 0.2) is 18.3 Å². The smallest absolute Gasteiger partial charge is 0.319 e. The Kier molecular flexibility index (Phi) is 7.81. The van der Waals surface area contributed by atoms with Gasteiger partial charge in [-0.05, 0) is 75.3 Å². The third kappa shape index (κ3) is 5.51. The molecule has 9 nitrogen and oxygen atoms in total. The van der Waals surface area contributed by atoms with E-state index in [-0.39, 0.29) is 41.2 Å². The summed E-state index contributed by atoms with van der Waals surface area (Å²) in [6, 6.07) is 3.29. The molecule has 1 N–H and O–H groups in total. The van der Waals surface area contributed by atoms with E-state index < -0.39 is 12.0 Å². The summed E-state index contributed by atoms with van der Waals surface area (Å²) in [5, 5.41) is 11.0. The molecule has 1 aromatic carbocycles. The van der Waals surface area contributed by atoms with Gasteiger partial charge in [0.2, 0.25) is 0 Å². The van der Waals surface area contributed by atoms with E-state index in [1.807, 2.05) is 6.92 Å². The quantitative estimate of drug-likeness (QED) is 0.461. The summed E-state index contributed by atoms with van der Waals surface area (Å²) in [6.45, 7) is 6.08. The molecule has 43 heavy (non-hydrogen) atoms. The van der Waals surface area contributed by atoms with Gasteiger partial charge in [-0.2, -0.15) is 9.97 Å². The molecule has 0 aliphatic carbocycles. The number of hydrogen-bond acceptors (Lipinski definition) is 9. The SMILES string of the molecule is Cc1cc(O)cc2c1CCOCCO[C@@H]1CCCCN(C1)c1nc(OC[C@@]34CCCN3C[C@H](F)C4)nc3c(F)c-2ncc13. The molecule has 6 bridgehead atoms. The molecule has 5 aliphatic heterocycles. The highest BCUT2D eigenvalue weighted by atomic mass is 19.1. The predicted octanol–water partition coefficient (Wildman–Crippen LogP) is 4.75. The molecule has 3 aromatic rings. The molecule has 3 saturated heterocycles. The molecule has 3 fully saturated rings. The maximum absolute atomic E-state index is 16.7. The van der Waals surface area contributed by atoms with Crippen LogP contribution in [0.3, 0.4) is 0 Å². The van der Waals surface area contributed by atoms with Crippen LogP contribution in [-0.4, -0.2) is 95.4 Å². The lowest BCUT2D eigenvalue weighted by atomic mass is 9.95. The van der Waals surface area contributed by atoms with Gasteiger partial charge in [0.05, 0.1) is 36.8 Å². The van der Waals surface area contributed by atoms with Gasteiger partial charge < -0.3 is 24.2 Å². The number of anilines is 1. The summed E-state index contributed by atoms with van der Waals surface area (Å²) in [5.74, 6) is -0.00899. The van der Waals surface area contributed by atoms with E-state index >= 15 is 4.39 Å². The van der Waals surface area contributed by atoms with Gasteiger partial charge in [0.15, 0.2) is 5.82 Å². The normalized spacial score (nSPS) is 26.5. The van der Waals surface area contributed by atoms with Crippen molar-refractivity contribution in [2.24, 2.45) is 0 Å². The molecule has 0 radical (unpaired) electrons. The van der Waals surface area contributed by atoms with Crippen LogP contribution in [0.4, 0.5) is 14.6 Å². The molecule has 2 aromatic heterocycles. The minimum atomic E-state index is -0.880. The Balaban J connectivity index is 1.36. The van der Waals surface area contributed by atoms with Crippen molar-refractivity contribution in [1.82, 2.24) is 19.9 Å². The van der Waals surface area contributed by atoms with Gasteiger partial charge in [0, 0.05) is 37.8 Å². The maximum Gasteiger partial charge on any atom is 0.319 e. The summed E-state index contributed by atoms with van der Waals surface area (Å²) >= 11 is 0. The minimum Gasteiger partial charge on any atom is -0.508 e. The second-order valence-corrected chi connectivity index (χ2v) is 12.5. The first-order chi connectivity index (χ1) is 20.9. The van der Waals surface area contributed by atoms with Crippen molar-refractivity contribution in [2.75, 3.05) is 57.5 Å². The molecule has 5 aliphatic rings. The van der Waals surface area contributed by atoms with Gasteiger partial charge in [0.1, 0.15) is 35.6 Å². The van der Waals surface area contributed by atoms with Crippen LogP contribution in [-0.2, 0) is 15.9 Å². The number of benzene rings is 1. The molecule has 0 spiro atoms. The first kappa shape index (κ1) is 28.6. The number of alkyl halides is 1. The number of rotatable bonds is 3. The molecule has 8 rings (SSSR count). The highest BCUT2D eigenvalue weighted by Gasteiger charge is 2.49. The van der Waals surface area contributed by atoms with Gasteiger partial charge >= 0.3 is 6.01 Å². The fraction of sp³-hybridized carbons (Fsp3) is 0.594. The third-order valence-electron chi connectivity index (χ3n) is 9.59. The Morgan fingerprint density at radius 1 is 1.12 bits per heavy atom. The first-order valence-corrected chi connectivity index (χ1v) is 15.6. The van der Waals surface area contributed by atoms with Crippen molar-refractivity contribution in [3.05, 3.63) is 35.3 Å². The van der Waals surface area contributed by atoms with E-state index in [1.54, 1.807) is 18.3 Å². The Bertz CT molecular complexity index is 1510. The average molecular weight is 596 g/mol. The number of halogens is 2. The predicted molar refractivity (Wildman–Crippen MR) is 158 cm³/mol. The van der Waals surface area contributed by atoms with Gasteiger partial charge in [0.25, 0.3) is 0 Å². The van der Waals surface area contributed by atoms with E-state index in [4.69, 9.17) is 19.2 Å². The van der Waals surface area contributed by atoms with E-state index in [0.717, 1.165) is 56.3 Å². The zero-order valence-corrected chi connectivity index (χ0v) is 24.7. The third-order valence-corrected chi connectivity index (χ3v) is 9.59. The molecule has 230 valence electrons. The van der Waals surface area contributed by atoms with Gasteiger partial charge in [-0.15, -0.1) is 0 Å². The van der Waals surface area contributed by atoms with E-state index in [2.05, 4.69) is 19.8 Å². The lowest BCUT2D eigenvalue weighted by molar-refractivity contribution is 0.00635. The number of fused-ring (bicyclic) bond motifs is 7. The molecule has 11 heteroatoms. The second-order valence-electron chi connectivity index (χ2n) is 12.5. The summed E-state index contributed by atoms with van der Waals surface area (Å²) < 4.78 is 49.5. The number of pyridine rings is 1. The van der Waals surface area contributed by atoms with Crippen molar-refractivity contribution < 1.29 is 28.1 Å². The monoisotopic (exact) mass is 595 g/mol. The summed E-state index contributed by atoms with van der Waals surface area (Å²) in [6.07, 6.45) is 6.37. The fourth-order valence-electron chi connectivity index (χ4n) is 7.49. The molecular formula is C32H39F2N5O4. The van der Waals surface area contributed by atoms with E-state index in [9.17, 15) is 9.50 Å². The van der Waals surface area contributed by atoms with Crippen LogP contribution in [0.5, 0.6) is 11.8 Å². The Labute approximate surface area is 250 Å². The number of aromatic nitrogens is 3. The first-order valence-electron chi connectivity index (χ1n) is 15.6. The number of aryl methyl sites for hydroxylation is 1. The summed E-state index contributed by atoms with van der Waals surface area (Å²) in [7, 11) is 0. The van der Waals surface area contributed by atoms with Crippen LogP contribution in [0.25, 0.3) is 22.2 Å². The number of phenolic OH excluding ortho intramolecular Hbond substituents is 1. The highest BCUT2D eigenvalue weighted by molar-refractivity contribution is 5.92. The zero-order valence-electron chi connectivity index (χ0n) is 24.7. The van der Waals surface area contributed by atoms with Crippen LogP contribution in [0, 0.1) is 12.7 Å². The molecular weight excluding hydrogens is 556 g/mol. The molecule has 0 unspecified atom stereocenters. The van der Waals surface area contributed by atoms with Crippen LogP contribution in [0.2, 0.25) is 0 Å². The van der Waals surface area contributed by atoms with Crippen molar-refractivity contribution in [3.63, 3.8) is 0 Å².